The minimum Gasteiger partial charge on any atom is -0.313 e. The summed E-state index contributed by atoms with van der Waals surface area (Å²) in [6, 6.07) is 5.89. The van der Waals surface area contributed by atoms with Crippen molar-refractivity contribution in [3.05, 3.63) is 23.8 Å². The Labute approximate surface area is 81.5 Å². The standard InChI is InChI=1S/C9H11N3S/c1-11-7-4-3-6(13)5-8(7)12(2)9(11)10/h3-5,10,13H,1-2H3. The summed E-state index contributed by atoms with van der Waals surface area (Å²) >= 11 is 4.27. The molecular weight excluding hydrogens is 182 g/mol. The Balaban J connectivity index is 3.04. The van der Waals surface area contributed by atoms with Crippen LogP contribution < -0.4 is 5.62 Å². The van der Waals surface area contributed by atoms with Gasteiger partial charge in [-0.05, 0) is 18.2 Å². The van der Waals surface area contributed by atoms with Crippen LogP contribution in [-0.2, 0) is 14.1 Å². The van der Waals surface area contributed by atoms with Gasteiger partial charge in [-0.25, -0.2) is 0 Å². The number of fused-ring (bicyclic) bond motifs is 1. The molecule has 2 rings (SSSR count). The summed E-state index contributed by atoms with van der Waals surface area (Å²) in [5, 5.41) is 7.74. The number of aromatic nitrogens is 2. The molecule has 0 fully saturated rings. The van der Waals surface area contributed by atoms with Crippen molar-refractivity contribution in [3.8, 4) is 0 Å². The van der Waals surface area contributed by atoms with Crippen LogP contribution in [0, 0.1) is 5.41 Å². The molecular formula is C9H11N3S. The molecule has 1 aromatic heterocycles. The lowest BCUT2D eigenvalue weighted by Crippen LogP contribution is -2.19. The van der Waals surface area contributed by atoms with Gasteiger partial charge < -0.3 is 9.13 Å². The van der Waals surface area contributed by atoms with E-state index in [1.54, 1.807) is 0 Å². The molecule has 68 valence electrons. The highest BCUT2D eigenvalue weighted by molar-refractivity contribution is 7.80. The molecule has 1 heterocycles. The minimum atomic E-state index is 0.494. The van der Waals surface area contributed by atoms with Gasteiger partial charge >= 0.3 is 0 Å². The number of hydrogen-bond acceptors (Lipinski definition) is 2. The van der Waals surface area contributed by atoms with Crippen LogP contribution in [0.1, 0.15) is 0 Å². The highest BCUT2D eigenvalue weighted by Crippen LogP contribution is 2.15. The molecule has 1 N–H and O–H groups in total. The van der Waals surface area contributed by atoms with Crippen LogP contribution in [0.25, 0.3) is 11.0 Å². The third-order valence-corrected chi connectivity index (χ3v) is 2.60. The van der Waals surface area contributed by atoms with E-state index in [0.717, 1.165) is 15.9 Å². The molecule has 0 aliphatic carbocycles. The van der Waals surface area contributed by atoms with Crippen LogP contribution in [0.4, 0.5) is 0 Å². The van der Waals surface area contributed by atoms with E-state index in [1.165, 1.54) is 0 Å². The number of rotatable bonds is 0. The Morgan fingerprint density at radius 1 is 1.15 bits per heavy atom. The molecule has 1 aromatic carbocycles. The van der Waals surface area contributed by atoms with Crippen molar-refractivity contribution < 1.29 is 0 Å². The molecule has 0 unspecified atom stereocenters. The Bertz CT molecular complexity index is 521. The van der Waals surface area contributed by atoms with Crippen molar-refractivity contribution >= 4 is 23.7 Å². The summed E-state index contributed by atoms with van der Waals surface area (Å²) in [7, 11) is 3.78. The van der Waals surface area contributed by atoms with E-state index in [1.807, 2.05) is 41.4 Å². The van der Waals surface area contributed by atoms with Crippen molar-refractivity contribution in [2.24, 2.45) is 14.1 Å². The summed E-state index contributed by atoms with van der Waals surface area (Å²) in [6.45, 7) is 0. The van der Waals surface area contributed by atoms with Gasteiger partial charge in [0.1, 0.15) is 0 Å². The van der Waals surface area contributed by atoms with Gasteiger partial charge in [0.15, 0.2) is 0 Å². The normalized spacial score (nSPS) is 11.0. The highest BCUT2D eigenvalue weighted by atomic mass is 32.1. The summed E-state index contributed by atoms with van der Waals surface area (Å²) < 4.78 is 3.69. The fourth-order valence-electron chi connectivity index (χ4n) is 1.52. The number of hydrogen-bond donors (Lipinski definition) is 2. The molecule has 2 aromatic rings. The zero-order valence-electron chi connectivity index (χ0n) is 7.57. The third-order valence-electron chi connectivity index (χ3n) is 2.32. The van der Waals surface area contributed by atoms with Crippen LogP contribution in [0.15, 0.2) is 23.1 Å². The molecule has 0 aliphatic rings. The number of imidazole rings is 1. The first kappa shape index (κ1) is 8.44. The molecule has 13 heavy (non-hydrogen) atoms. The highest BCUT2D eigenvalue weighted by Gasteiger charge is 2.04. The SMILES string of the molecule is Cn1c(=N)n(C)c2cc(S)ccc21. The van der Waals surface area contributed by atoms with Crippen molar-refractivity contribution in [1.29, 1.82) is 5.41 Å². The maximum Gasteiger partial charge on any atom is 0.202 e. The van der Waals surface area contributed by atoms with Gasteiger partial charge in [-0.2, -0.15) is 0 Å². The molecule has 0 atom stereocenters. The Morgan fingerprint density at radius 3 is 2.46 bits per heavy atom. The van der Waals surface area contributed by atoms with Crippen LogP contribution in [0.5, 0.6) is 0 Å². The molecule has 4 heteroatoms. The minimum absolute atomic E-state index is 0.494. The van der Waals surface area contributed by atoms with Gasteiger partial charge in [0, 0.05) is 19.0 Å². The van der Waals surface area contributed by atoms with Gasteiger partial charge in [-0.1, -0.05) is 0 Å². The predicted molar refractivity (Wildman–Crippen MR) is 55.0 cm³/mol. The molecule has 0 saturated heterocycles. The fourth-order valence-corrected chi connectivity index (χ4v) is 1.71. The molecule has 3 nitrogen and oxygen atoms in total. The van der Waals surface area contributed by atoms with Crippen LogP contribution in [0.2, 0.25) is 0 Å². The fraction of sp³-hybridized carbons (Fsp3) is 0.222. The first-order valence-electron chi connectivity index (χ1n) is 4.00. The smallest absolute Gasteiger partial charge is 0.202 e. The van der Waals surface area contributed by atoms with Crippen molar-refractivity contribution in [2.75, 3.05) is 0 Å². The van der Waals surface area contributed by atoms with E-state index in [0.29, 0.717) is 5.62 Å². The quantitative estimate of drug-likeness (QED) is 0.591. The predicted octanol–water partition coefficient (Wildman–Crippen LogP) is 1.28. The molecule has 0 amide bonds. The Morgan fingerprint density at radius 2 is 1.77 bits per heavy atom. The summed E-state index contributed by atoms with van der Waals surface area (Å²) in [5.41, 5.74) is 2.60. The second kappa shape index (κ2) is 2.67. The number of nitrogens with zero attached hydrogens (tertiary/aromatic N) is 2. The number of aryl methyl sites for hydroxylation is 2. The van der Waals surface area contributed by atoms with E-state index in [4.69, 9.17) is 5.41 Å². The van der Waals surface area contributed by atoms with Gasteiger partial charge in [-0.3, -0.25) is 5.41 Å². The van der Waals surface area contributed by atoms with Crippen LogP contribution >= 0.6 is 12.6 Å². The second-order valence-corrected chi connectivity index (χ2v) is 3.63. The van der Waals surface area contributed by atoms with Gasteiger partial charge in [-0.15, -0.1) is 12.6 Å². The summed E-state index contributed by atoms with van der Waals surface area (Å²) in [6.07, 6.45) is 0. The van der Waals surface area contributed by atoms with E-state index >= 15 is 0 Å². The van der Waals surface area contributed by atoms with E-state index in [2.05, 4.69) is 12.6 Å². The topological polar surface area (TPSA) is 33.7 Å². The average molecular weight is 193 g/mol. The van der Waals surface area contributed by atoms with E-state index < -0.39 is 0 Å². The molecule has 0 saturated carbocycles. The lowest BCUT2D eigenvalue weighted by atomic mass is 10.3. The monoisotopic (exact) mass is 193 g/mol. The number of nitrogens with one attached hydrogen (secondary N) is 1. The van der Waals surface area contributed by atoms with Crippen molar-refractivity contribution in [1.82, 2.24) is 9.13 Å². The number of benzene rings is 1. The van der Waals surface area contributed by atoms with Crippen LogP contribution in [-0.4, -0.2) is 9.13 Å². The van der Waals surface area contributed by atoms with Gasteiger partial charge in [0.25, 0.3) is 0 Å². The maximum atomic E-state index is 7.74. The van der Waals surface area contributed by atoms with Gasteiger partial charge in [0.2, 0.25) is 5.62 Å². The van der Waals surface area contributed by atoms with Crippen molar-refractivity contribution in [3.63, 3.8) is 0 Å². The lowest BCUT2D eigenvalue weighted by Gasteiger charge is -1.95. The average Bonchev–Trinajstić information content (AvgIpc) is 2.32. The first-order valence-corrected chi connectivity index (χ1v) is 4.45. The van der Waals surface area contributed by atoms with Crippen LogP contribution in [0.3, 0.4) is 0 Å². The summed E-state index contributed by atoms with van der Waals surface area (Å²) in [4.78, 5) is 0.925. The molecule has 0 radical (unpaired) electrons. The van der Waals surface area contributed by atoms with E-state index in [-0.39, 0.29) is 0 Å². The lowest BCUT2D eigenvalue weighted by molar-refractivity contribution is 0.742. The zero-order chi connectivity index (χ0) is 9.59. The molecule has 0 bridgehead atoms. The maximum absolute atomic E-state index is 7.74. The van der Waals surface area contributed by atoms with E-state index in [9.17, 15) is 0 Å². The Kier molecular flexibility index (Phi) is 1.73. The molecule has 0 spiro atoms. The molecule has 0 aliphatic heterocycles. The van der Waals surface area contributed by atoms with Gasteiger partial charge in [0.05, 0.1) is 11.0 Å². The largest absolute Gasteiger partial charge is 0.313 e. The number of thiol groups is 1. The third kappa shape index (κ3) is 1.09. The first-order chi connectivity index (χ1) is 6.11. The van der Waals surface area contributed by atoms with Crippen molar-refractivity contribution in [2.45, 2.75) is 4.90 Å². The summed E-state index contributed by atoms with van der Waals surface area (Å²) in [5.74, 6) is 0. The second-order valence-electron chi connectivity index (χ2n) is 3.11. The zero-order valence-corrected chi connectivity index (χ0v) is 8.47. The Hall–Kier alpha value is -1.16.